The first-order chi connectivity index (χ1) is 10.9. The molecule has 0 aromatic carbocycles. The lowest BCUT2D eigenvalue weighted by Crippen LogP contribution is -2.46. The fourth-order valence-electron chi connectivity index (χ4n) is 2.44. The van der Waals surface area contributed by atoms with E-state index in [1.807, 2.05) is 5.38 Å². The normalized spacial score (nSPS) is 13.7. The molecule has 2 rings (SSSR count). The molecular weight excluding hydrogens is 312 g/mol. The zero-order valence-electron chi connectivity index (χ0n) is 13.8. The quantitative estimate of drug-likeness (QED) is 0.640. The number of carbonyl (C=O) groups excluding carboxylic acids is 1. The van der Waals surface area contributed by atoms with Crippen LogP contribution in [0.5, 0.6) is 0 Å². The van der Waals surface area contributed by atoms with Gasteiger partial charge in [-0.25, -0.2) is 4.98 Å². The topological polar surface area (TPSA) is 106 Å². The fraction of sp³-hybridized carbons (Fsp3) is 0.600. The number of hydrogen-bond acceptors (Lipinski definition) is 7. The summed E-state index contributed by atoms with van der Waals surface area (Å²) in [5.74, 6) is 0.795. The standard InChI is InChI=1S/C15H24N6OS/c1-4-5-6-7-15(3,9-17-10(2)22)20-13-12-11(8-23-21-12)18-14(16)19-13/h8H,4-7,9H2,1-3H3,(H,17,22)(H3,16,18,19,20). The highest BCUT2D eigenvalue weighted by molar-refractivity contribution is 7.04. The van der Waals surface area contributed by atoms with Crippen LogP contribution in [-0.2, 0) is 4.79 Å². The Morgan fingerprint density at radius 2 is 2.17 bits per heavy atom. The molecule has 0 spiro atoms. The van der Waals surface area contributed by atoms with Crippen LogP contribution >= 0.6 is 11.5 Å². The minimum atomic E-state index is -0.321. The summed E-state index contributed by atoms with van der Waals surface area (Å²) >= 11 is 1.32. The number of nitrogen functional groups attached to an aromatic ring is 1. The Kier molecular flexibility index (Phi) is 5.70. The van der Waals surface area contributed by atoms with Gasteiger partial charge in [0.15, 0.2) is 5.82 Å². The molecule has 1 amide bonds. The van der Waals surface area contributed by atoms with Crippen LogP contribution in [0.2, 0.25) is 0 Å². The summed E-state index contributed by atoms with van der Waals surface area (Å²) in [6.45, 7) is 6.28. The number of rotatable bonds is 8. The molecule has 0 aliphatic rings. The van der Waals surface area contributed by atoms with E-state index in [0.717, 1.165) is 31.2 Å². The van der Waals surface area contributed by atoms with Crippen molar-refractivity contribution >= 4 is 40.2 Å². The number of anilines is 2. The molecule has 0 aliphatic carbocycles. The number of nitrogens with zero attached hydrogens (tertiary/aromatic N) is 3. The highest BCUT2D eigenvalue weighted by Gasteiger charge is 2.26. The average molecular weight is 336 g/mol. The summed E-state index contributed by atoms with van der Waals surface area (Å²) < 4.78 is 4.35. The van der Waals surface area contributed by atoms with Gasteiger partial charge in [0, 0.05) is 18.8 Å². The number of amides is 1. The van der Waals surface area contributed by atoms with Crippen LogP contribution in [0.15, 0.2) is 5.38 Å². The van der Waals surface area contributed by atoms with Gasteiger partial charge in [0.1, 0.15) is 11.0 Å². The van der Waals surface area contributed by atoms with Crippen molar-refractivity contribution in [2.75, 3.05) is 17.6 Å². The van der Waals surface area contributed by atoms with E-state index in [4.69, 9.17) is 5.73 Å². The van der Waals surface area contributed by atoms with Crippen molar-refractivity contribution < 1.29 is 4.79 Å². The number of aromatic nitrogens is 3. The SMILES string of the molecule is CCCCCC(C)(CNC(C)=O)Nc1nc(N)nc2csnc12. The third-order valence-electron chi connectivity index (χ3n) is 3.72. The number of nitrogens with two attached hydrogens (primary N) is 1. The predicted molar refractivity (Wildman–Crippen MR) is 94.5 cm³/mol. The Bertz CT molecular complexity index is 673. The first kappa shape index (κ1) is 17.4. The van der Waals surface area contributed by atoms with Crippen molar-refractivity contribution in [3.05, 3.63) is 5.38 Å². The maximum atomic E-state index is 11.3. The molecular formula is C15H24N6OS. The van der Waals surface area contributed by atoms with Crippen LogP contribution < -0.4 is 16.4 Å². The van der Waals surface area contributed by atoms with Gasteiger partial charge in [0.25, 0.3) is 0 Å². The zero-order chi connectivity index (χ0) is 16.9. The first-order valence-corrected chi connectivity index (χ1v) is 8.67. The van der Waals surface area contributed by atoms with Crippen molar-refractivity contribution in [2.24, 2.45) is 0 Å². The van der Waals surface area contributed by atoms with Gasteiger partial charge in [-0.3, -0.25) is 4.79 Å². The molecule has 0 bridgehead atoms. The zero-order valence-corrected chi connectivity index (χ0v) is 14.7. The average Bonchev–Trinajstić information content (AvgIpc) is 2.94. The van der Waals surface area contributed by atoms with Crippen molar-refractivity contribution in [3.8, 4) is 0 Å². The summed E-state index contributed by atoms with van der Waals surface area (Å²) in [5, 5.41) is 8.18. The van der Waals surface area contributed by atoms with Gasteiger partial charge in [0.05, 0.1) is 5.54 Å². The number of nitrogens with one attached hydrogen (secondary N) is 2. The van der Waals surface area contributed by atoms with E-state index < -0.39 is 0 Å². The third kappa shape index (κ3) is 4.75. The van der Waals surface area contributed by atoms with Crippen LogP contribution in [-0.4, -0.2) is 32.3 Å². The highest BCUT2D eigenvalue weighted by atomic mass is 32.1. The maximum Gasteiger partial charge on any atom is 0.222 e. The van der Waals surface area contributed by atoms with Gasteiger partial charge >= 0.3 is 0 Å². The van der Waals surface area contributed by atoms with Crippen molar-refractivity contribution in [2.45, 2.75) is 52.0 Å². The second-order valence-corrected chi connectivity index (χ2v) is 6.66. The van der Waals surface area contributed by atoms with E-state index in [9.17, 15) is 4.79 Å². The van der Waals surface area contributed by atoms with E-state index in [2.05, 4.69) is 38.8 Å². The lowest BCUT2D eigenvalue weighted by atomic mass is 9.94. The minimum Gasteiger partial charge on any atom is -0.368 e. The van der Waals surface area contributed by atoms with Crippen LogP contribution in [0.25, 0.3) is 11.0 Å². The van der Waals surface area contributed by atoms with Crippen LogP contribution in [0.3, 0.4) is 0 Å². The Balaban J connectivity index is 2.23. The summed E-state index contributed by atoms with van der Waals surface area (Å²) in [5.41, 5.74) is 6.92. The molecule has 2 heterocycles. The Labute approximate surface area is 140 Å². The lowest BCUT2D eigenvalue weighted by Gasteiger charge is -2.32. The van der Waals surface area contributed by atoms with E-state index in [1.165, 1.54) is 18.5 Å². The molecule has 1 atom stereocenters. The monoisotopic (exact) mass is 336 g/mol. The van der Waals surface area contributed by atoms with Crippen molar-refractivity contribution in [3.63, 3.8) is 0 Å². The Hall–Kier alpha value is -1.96. The van der Waals surface area contributed by atoms with Gasteiger partial charge in [-0.2, -0.15) is 9.36 Å². The fourth-order valence-corrected chi connectivity index (χ4v) is 3.05. The van der Waals surface area contributed by atoms with Gasteiger partial charge in [0.2, 0.25) is 11.9 Å². The van der Waals surface area contributed by atoms with E-state index in [0.29, 0.717) is 17.9 Å². The number of fused-ring (bicyclic) bond motifs is 1. The summed E-state index contributed by atoms with van der Waals surface area (Å²) in [7, 11) is 0. The predicted octanol–water partition coefficient (Wildman–Crippen LogP) is 2.56. The van der Waals surface area contributed by atoms with E-state index in [1.54, 1.807) is 0 Å². The van der Waals surface area contributed by atoms with E-state index >= 15 is 0 Å². The number of unbranched alkanes of at least 4 members (excludes halogenated alkanes) is 2. The van der Waals surface area contributed by atoms with Gasteiger partial charge in [-0.1, -0.05) is 26.2 Å². The molecule has 0 saturated heterocycles. The summed E-state index contributed by atoms with van der Waals surface area (Å²) in [4.78, 5) is 19.8. The molecule has 0 radical (unpaired) electrons. The number of carbonyl (C=O) groups is 1. The molecule has 2 aromatic heterocycles. The van der Waals surface area contributed by atoms with Gasteiger partial charge in [-0.05, 0) is 24.9 Å². The molecule has 23 heavy (non-hydrogen) atoms. The second-order valence-electron chi connectivity index (χ2n) is 6.03. The molecule has 7 nitrogen and oxygen atoms in total. The summed E-state index contributed by atoms with van der Waals surface area (Å²) in [6.07, 6.45) is 4.28. The molecule has 0 fully saturated rings. The molecule has 1 unspecified atom stereocenters. The Morgan fingerprint density at radius 1 is 1.39 bits per heavy atom. The molecule has 4 N–H and O–H groups in total. The first-order valence-electron chi connectivity index (χ1n) is 7.84. The van der Waals surface area contributed by atoms with Crippen LogP contribution in [0.1, 0.15) is 46.5 Å². The van der Waals surface area contributed by atoms with Crippen LogP contribution in [0.4, 0.5) is 11.8 Å². The highest BCUT2D eigenvalue weighted by Crippen LogP contribution is 2.26. The molecule has 8 heteroatoms. The second kappa shape index (κ2) is 7.54. The third-order valence-corrected chi connectivity index (χ3v) is 4.33. The minimum absolute atomic E-state index is 0.0467. The van der Waals surface area contributed by atoms with Crippen molar-refractivity contribution in [1.29, 1.82) is 0 Å². The molecule has 2 aromatic rings. The maximum absolute atomic E-state index is 11.3. The Morgan fingerprint density at radius 3 is 2.87 bits per heavy atom. The number of hydrogen-bond donors (Lipinski definition) is 3. The molecule has 0 aliphatic heterocycles. The molecule has 0 saturated carbocycles. The smallest absolute Gasteiger partial charge is 0.222 e. The van der Waals surface area contributed by atoms with Gasteiger partial charge in [-0.15, -0.1) is 0 Å². The van der Waals surface area contributed by atoms with Crippen molar-refractivity contribution in [1.82, 2.24) is 19.7 Å². The van der Waals surface area contributed by atoms with E-state index in [-0.39, 0.29) is 17.4 Å². The van der Waals surface area contributed by atoms with Gasteiger partial charge < -0.3 is 16.4 Å². The summed E-state index contributed by atoms with van der Waals surface area (Å²) in [6, 6.07) is 0. The largest absolute Gasteiger partial charge is 0.368 e. The molecule has 126 valence electrons. The lowest BCUT2D eigenvalue weighted by molar-refractivity contribution is -0.119. The van der Waals surface area contributed by atoms with Crippen LogP contribution in [0, 0.1) is 0 Å².